The third-order valence-corrected chi connectivity index (χ3v) is 3.45. The van der Waals surface area contributed by atoms with Crippen LogP contribution in [-0.4, -0.2) is 45.3 Å². The van der Waals surface area contributed by atoms with Gasteiger partial charge in [0.25, 0.3) is 5.91 Å². The molecule has 1 aromatic carbocycles. The molecule has 5 heteroatoms. The number of β-amino-alcohol motifs (C(OH)–C–C–N with tert-alkyl or cyclic N) is 1. The Bertz CT molecular complexity index is 460. The summed E-state index contributed by atoms with van der Waals surface area (Å²) in [6.45, 7) is 2.75. The molecule has 1 saturated heterocycles. The Morgan fingerprint density at radius 1 is 1.39 bits per heavy atom. The summed E-state index contributed by atoms with van der Waals surface area (Å²) in [4.78, 5) is 13.7. The van der Waals surface area contributed by atoms with Crippen LogP contribution in [0.5, 0.6) is 11.5 Å². The first kappa shape index (κ1) is 12.7. The molecule has 0 saturated carbocycles. The Kier molecular flexibility index (Phi) is 3.43. The number of phenols is 2. The molecule has 2 rings (SSSR count). The van der Waals surface area contributed by atoms with Crippen molar-refractivity contribution in [2.45, 2.75) is 19.4 Å². The second-order valence-electron chi connectivity index (χ2n) is 4.76. The van der Waals surface area contributed by atoms with Gasteiger partial charge in [0.05, 0.1) is 11.7 Å². The van der Waals surface area contributed by atoms with Crippen LogP contribution in [0.3, 0.4) is 0 Å². The van der Waals surface area contributed by atoms with Crippen molar-refractivity contribution in [3.05, 3.63) is 23.8 Å². The normalized spacial score (nSPS) is 24.0. The van der Waals surface area contributed by atoms with Crippen molar-refractivity contribution in [3.8, 4) is 11.5 Å². The molecule has 1 aliphatic heterocycles. The summed E-state index contributed by atoms with van der Waals surface area (Å²) < 4.78 is 0. The van der Waals surface area contributed by atoms with E-state index in [0.717, 1.165) is 6.42 Å². The summed E-state index contributed by atoms with van der Waals surface area (Å²) in [6, 6.07) is 4.28. The highest BCUT2D eigenvalue weighted by molar-refractivity contribution is 5.97. The van der Waals surface area contributed by atoms with E-state index in [4.69, 9.17) is 0 Å². The van der Waals surface area contributed by atoms with Gasteiger partial charge in [-0.25, -0.2) is 0 Å². The summed E-state index contributed by atoms with van der Waals surface area (Å²) >= 11 is 0. The maximum absolute atomic E-state index is 12.2. The fraction of sp³-hybridized carbons (Fsp3) is 0.462. The van der Waals surface area contributed by atoms with Crippen molar-refractivity contribution in [1.82, 2.24) is 4.90 Å². The molecule has 1 heterocycles. The van der Waals surface area contributed by atoms with Crippen LogP contribution in [0.15, 0.2) is 18.2 Å². The average molecular weight is 251 g/mol. The van der Waals surface area contributed by atoms with E-state index < -0.39 is 11.9 Å². The van der Waals surface area contributed by atoms with E-state index in [-0.39, 0.29) is 29.7 Å². The Morgan fingerprint density at radius 3 is 2.78 bits per heavy atom. The van der Waals surface area contributed by atoms with Gasteiger partial charge in [-0.3, -0.25) is 4.79 Å². The van der Waals surface area contributed by atoms with Crippen molar-refractivity contribution in [1.29, 1.82) is 0 Å². The molecule has 0 bridgehead atoms. The number of nitrogens with zero attached hydrogens (tertiary/aromatic N) is 1. The minimum absolute atomic E-state index is 0.0664. The van der Waals surface area contributed by atoms with Crippen LogP contribution in [0, 0.1) is 5.92 Å². The number of carbonyl (C=O) groups excluding carboxylic acids is 1. The second kappa shape index (κ2) is 4.86. The number of likely N-dealkylation sites (tertiary alicyclic amines) is 1. The topological polar surface area (TPSA) is 81.0 Å². The summed E-state index contributed by atoms with van der Waals surface area (Å²) in [5.41, 5.74) is 0.0664. The molecule has 0 radical (unpaired) electrons. The van der Waals surface area contributed by atoms with Crippen molar-refractivity contribution in [2.75, 3.05) is 13.1 Å². The van der Waals surface area contributed by atoms with Gasteiger partial charge >= 0.3 is 0 Å². The number of carbonyl (C=O) groups is 1. The van der Waals surface area contributed by atoms with E-state index in [1.165, 1.54) is 23.1 Å². The minimum Gasteiger partial charge on any atom is -0.504 e. The summed E-state index contributed by atoms with van der Waals surface area (Å²) in [5.74, 6) is -0.913. The Morgan fingerprint density at radius 2 is 2.11 bits per heavy atom. The molecule has 0 aromatic heterocycles. The molecular formula is C13H17NO4. The van der Waals surface area contributed by atoms with E-state index in [0.29, 0.717) is 6.54 Å². The van der Waals surface area contributed by atoms with Crippen LogP contribution < -0.4 is 0 Å². The Labute approximate surface area is 105 Å². The third kappa shape index (κ3) is 2.26. The van der Waals surface area contributed by atoms with E-state index in [1.54, 1.807) is 0 Å². The lowest BCUT2D eigenvalue weighted by Gasteiger charge is -2.34. The number of amides is 1. The summed E-state index contributed by atoms with van der Waals surface area (Å²) in [7, 11) is 0. The largest absolute Gasteiger partial charge is 0.504 e. The number of aliphatic hydroxyl groups is 1. The number of hydrogen-bond acceptors (Lipinski definition) is 4. The standard InChI is InChI=1S/C13H17NO4/c1-8-5-6-14(7-11(8)16)13(18)9-3-2-4-10(15)12(9)17/h2-4,8,11,15-17H,5-7H2,1H3. The average Bonchev–Trinajstić information content (AvgIpc) is 2.35. The van der Waals surface area contributed by atoms with Gasteiger partial charge < -0.3 is 20.2 Å². The zero-order valence-electron chi connectivity index (χ0n) is 10.2. The Hall–Kier alpha value is -1.75. The maximum atomic E-state index is 12.2. The number of benzene rings is 1. The first-order valence-corrected chi connectivity index (χ1v) is 5.99. The Balaban J connectivity index is 2.19. The number of aromatic hydroxyl groups is 2. The fourth-order valence-electron chi connectivity index (χ4n) is 2.11. The minimum atomic E-state index is -0.540. The molecule has 18 heavy (non-hydrogen) atoms. The van der Waals surface area contributed by atoms with Gasteiger partial charge in [0.15, 0.2) is 11.5 Å². The van der Waals surface area contributed by atoms with Crippen LogP contribution in [0.25, 0.3) is 0 Å². The third-order valence-electron chi connectivity index (χ3n) is 3.45. The smallest absolute Gasteiger partial charge is 0.257 e. The van der Waals surface area contributed by atoms with Gasteiger partial charge in [0, 0.05) is 13.1 Å². The first-order chi connectivity index (χ1) is 8.50. The molecule has 0 aliphatic carbocycles. The number of piperidine rings is 1. The van der Waals surface area contributed by atoms with Crippen LogP contribution in [-0.2, 0) is 0 Å². The molecule has 98 valence electrons. The van der Waals surface area contributed by atoms with Gasteiger partial charge in [-0.2, -0.15) is 0 Å². The van der Waals surface area contributed by atoms with Crippen LogP contribution in [0.1, 0.15) is 23.7 Å². The predicted octanol–water partition coefficient (Wildman–Crippen LogP) is 0.941. The molecule has 1 aromatic rings. The highest BCUT2D eigenvalue weighted by atomic mass is 16.3. The number of phenolic OH excluding ortho intramolecular Hbond substituents is 2. The molecule has 2 unspecified atom stereocenters. The molecular weight excluding hydrogens is 234 g/mol. The van der Waals surface area contributed by atoms with Crippen molar-refractivity contribution in [3.63, 3.8) is 0 Å². The quantitative estimate of drug-likeness (QED) is 0.649. The lowest BCUT2D eigenvalue weighted by Crippen LogP contribution is -2.45. The zero-order valence-corrected chi connectivity index (χ0v) is 10.2. The van der Waals surface area contributed by atoms with Gasteiger partial charge in [0.2, 0.25) is 0 Å². The van der Waals surface area contributed by atoms with Crippen LogP contribution >= 0.6 is 0 Å². The lowest BCUT2D eigenvalue weighted by molar-refractivity contribution is 0.0246. The van der Waals surface area contributed by atoms with E-state index in [2.05, 4.69) is 0 Å². The van der Waals surface area contributed by atoms with Crippen molar-refractivity contribution >= 4 is 5.91 Å². The number of rotatable bonds is 1. The van der Waals surface area contributed by atoms with Crippen LogP contribution in [0.4, 0.5) is 0 Å². The molecule has 0 spiro atoms. The lowest BCUT2D eigenvalue weighted by atomic mass is 9.95. The maximum Gasteiger partial charge on any atom is 0.257 e. The van der Waals surface area contributed by atoms with Gasteiger partial charge in [-0.05, 0) is 24.5 Å². The highest BCUT2D eigenvalue weighted by Gasteiger charge is 2.29. The molecule has 5 nitrogen and oxygen atoms in total. The monoisotopic (exact) mass is 251 g/mol. The van der Waals surface area contributed by atoms with Gasteiger partial charge in [0.1, 0.15) is 0 Å². The van der Waals surface area contributed by atoms with Crippen molar-refractivity contribution < 1.29 is 20.1 Å². The fourth-order valence-corrected chi connectivity index (χ4v) is 2.11. The number of aliphatic hydroxyl groups excluding tert-OH is 1. The molecule has 1 fully saturated rings. The number of hydrogen-bond donors (Lipinski definition) is 3. The van der Waals surface area contributed by atoms with Gasteiger partial charge in [-0.1, -0.05) is 13.0 Å². The molecule has 1 amide bonds. The SMILES string of the molecule is CC1CCN(C(=O)c2cccc(O)c2O)CC1O. The van der Waals surface area contributed by atoms with E-state index >= 15 is 0 Å². The molecule has 1 aliphatic rings. The zero-order chi connectivity index (χ0) is 13.3. The number of para-hydroxylation sites is 1. The molecule has 2 atom stereocenters. The van der Waals surface area contributed by atoms with E-state index in [1.807, 2.05) is 6.92 Å². The molecule has 3 N–H and O–H groups in total. The summed E-state index contributed by atoms with van der Waals surface area (Å²) in [6.07, 6.45) is 0.189. The van der Waals surface area contributed by atoms with Gasteiger partial charge in [-0.15, -0.1) is 0 Å². The first-order valence-electron chi connectivity index (χ1n) is 5.99. The highest BCUT2D eigenvalue weighted by Crippen LogP contribution is 2.30. The second-order valence-corrected chi connectivity index (χ2v) is 4.76. The predicted molar refractivity (Wildman–Crippen MR) is 65.5 cm³/mol. The van der Waals surface area contributed by atoms with Crippen LogP contribution in [0.2, 0.25) is 0 Å². The summed E-state index contributed by atoms with van der Waals surface area (Å²) in [5, 5.41) is 28.8. The van der Waals surface area contributed by atoms with Crippen molar-refractivity contribution in [2.24, 2.45) is 5.92 Å². The van der Waals surface area contributed by atoms with E-state index in [9.17, 15) is 20.1 Å².